The lowest BCUT2D eigenvalue weighted by Crippen LogP contribution is -2.23. The number of rotatable bonds is 6. The molecule has 0 aromatic heterocycles. The van der Waals surface area contributed by atoms with Gasteiger partial charge in [-0.05, 0) is 30.3 Å². The largest absolute Gasteiger partial charge is 0.280 e. The first-order valence-corrected chi connectivity index (χ1v) is 10.2. The summed E-state index contributed by atoms with van der Waals surface area (Å²) in [5, 5.41) is 10.6. The molecule has 2 aromatic carbocycles. The van der Waals surface area contributed by atoms with Gasteiger partial charge in [0.05, 0.1) is 20.5 Å². The molecule has 0 heterocycles. The fraction of sp³-hybridized carbons (Fsp3) is 0.143. The Bertz CT molecular complexity index is 1050. The maximum Gasteiger partial charge on any atom is 0.269 e. The fourth-order valence-corrected chi connectivity index (χ4v) is 4.37. The Morgan fingerprint density at radius 3 is 2.12 bits per heavy atom. The summed E-state index contributed by atoms with van der Waals surface area (Å²) in [5.41, 5.74) is -0.275. The van der Waals surface area contributed by atoms with Gasteiger partial charge in [0.15, 0.2) is 0 Å². The lowest BCUT2D eigenvalue weighted by molar-refractivity contribution is -0.384. The van der Waals surface area contributed by atoms with Gasteiger partial charge < -0.3 is 0 Å². The minimum atomic E-state index is -4.08. The first-order valence-electron chi connectivity index (χ1n) is 6.94. The number of hydrogen-bond donors (Lipinski definition) is 1. The van der Waals surface area contributed by atoms with Crippen LogP contribution in [-0.4, -0.2) is 40.2 Å². The van der Waals surface area contributed by atoms with Crippen molar-refractivity contribution in [3.05, 3.63) is 57.6 Å². The minimum absolute atomic E-state index is 0.0202. The van der Waals surface area contributed by atoms with Gasteiger partial charge in [0.25, 0.3) is 15.7 Å². The molecule has 0 radical (unpaired) electrons. The van der Waals surface area contributed by atoms with E-state index < -0.39 is 25.0 Å². The third kappa shape index (κ3) is 4.12. The van der Waals surface area contributed by atoms with Crippen LogP contribution in [0.25, 0.3) is 0 Å². The van der Waals surface area contributed by atoms with Crippen LogP contribution in [0.5, 0.6) is 0 Å². The van der Waals surface area contributed by atoms with Gasteiger partial charge in [0, 0.05) is 26.2 Å². The average Bonchev–Trinajstić information content (AvgIpc) is 2.56. The van der Waals surface area contributed by atoms with Gasteiger partial charge in [-0.1, -0.05) is 11.6 Å². The van der Waals surface area contributed by atoms with Crippen molar-refractivity contribution in [2.24, 2.45) is 0 Å². The van der Waals surface area contributed by atoms with E-state index in [1.54, 1.807) is 0 Å². The summed E-state index contributed by atoms with van der Waals surface area (Å²) in [7, 11) is -5.31. The fourth-order valence-electron chi connectivity index (χ4n) is 1.92. The molecule has 0 spiro atoms. The molecule has 0 bridgehead atoms. The summed E-state index contributed by atoms with van der Waals surface area (Å²) in [5.74, 6) is 0. The van der Waals surface area contributed by atoms with Gasteiger partial charge in [-0.2, -0.15) is 0 Å². The van der Waals surface area contributed by atoms with E-state index in [0.717, 1.165) is 34.6 Å². The normalized spacial score (nSPS) is 12.2. The summed E-state index contributed by atoms with van der Waals surface area (Å²) < 4.78 is 52.4. The lowest BCUT2D eigenvalue weighted by Gasteiger charge is -2.14. The number of hydrogen-bond acceptors (Lipinski definition) is 6. The van der Waals surface area contributed by atoms with E-state index >= 15 is 0 Å². The van der Waals surface area contributed by atoms with Crippen molar-refractivity contribution in [2.75, 3.05) is 18.8 Å². The van der Waals surface area contributed by atoms with Crippen molar-refractivity contribution in [2.45, 2.75) is 9.79 Å². The topological polar surface area (TPSA) is 127 Å². The summed E-state index contributed by atoms with van der Waals surface area (Å²) in [4.78, 5) is 9.52. The van der Waals surface area contributed by atoms with Gasteiger partial charge in [0.2, 0.25) is 10.0 Å². The number of sulfonamides is 2. The van der Waals surface area contributed by atoms with E-state index in [0.29, 0.717) is 0 Å². The molecule has 0 atom stereocenters. The zero-order valence-electron chi connectivity index (χ0n) is 13.6. The van der Waals surface area contributed by atoms with Gasteiger partial charge in [-0.25, -0.2) is 21.1 Å². The first-order chi connectivity index (χ1) is 11.9. The molecule has 0 aliphatic heterocycles. The molecule has 2 aromatic rings. The van der Waals surface area contributed by atoms with Gasteiger partial charge in [-0.3, -0.25) is 14.8 Å². The summed E-state index contributed by atoms with van der Waals surface area (Å²) in [6, 6.07) is 7.92. The molecule has 0 fully saturated rings. The van der Waals surface area contributed by atoms with Gasteiger partial charge in [-0.15, -0.1) is 0 Å². The molecule has 12 heteroatoms. The van der Waals surface area contributed by atoms with E-state index in [1.807, 2.05) is 0 Å². The van der Waals surface area contributed by atoms with E-state index in [-0.39, 0.29) is 26.2 Å². The molecule has 9 nitrogen and oxygen atoms in total. The molecule has 2 rings (SSSR count). The van der Waals surface area contributed by atoms with Crippen LogP contribution in [0, 0.1) is 10.1 Å². The summed E-state index contributed by atoms with van der Waals surface area (Å²) in [6.07, 6.45) is 0. The molecule has 0 aliphatic carbocycles. The third-order valence-corrected chi connectivity index (χ3v) is 6.99. The van der Waals surface area contributed by atoms with Crippen LogP contribution in [0.4, 0.5) is 11.4 Å². The van der Waals surface area contributed by atoms with Crippen LogP contribution >= 0.6 is 11.6 Å². The number of non-ortho nitro benzene ring substituents is 1. The van der Waals surface area contributed by atoms with E-state index in [4.69, 9.17) is 11.6 Å². The predicted molar refractivity (Wildman–Crippen MR) is 96.2 cm³/mol. The Labute approximate surface area is 155 Å². The zero-order valence-corrected chi connectivity index (χ0v) is 16.0. The van der Waals surface area contributed by atoms with Gasteiger partial charge in [0.1, 0.15) is 4.90 Å². The van der Waals surface area contributed by atoms with Crippen LogP contribution in [0.15, 0.2) is 52.3 Å². The van der Waals surface area contributed by atoms with Crippen molar-refractivity contribution >= 4 is 43.0 Å². The van der Waals surface area contributed by atoms with Crippen molar-refractivity contribution in [1.29, 1.82) is 0 Å². The summed E-state index contributed by atoms with van der Waals surface area (Å²) in [6.45, 7) is 0. The number of nitrogens with zero attached hydrogens (tertiary/aromatic N) is 2. The Kier molecular flexibility index (Phi) is 5.56. The SMILES string of the molecule is CN(C)S(=O)(=O)c1cc(NS(=O)(=O)c2ccc([N+](=O)[O-])cc2)ccc1Cl. The monoisotopic (exact) mass is 419 g/mol. The van der Waals surface area contributed by atoms with Gasteiger partial charge >= 0.3 is 0 Å². The van der Waals surface area contributed by atoms with E-state index in [9.17, 15) is 26.9 Å². The molecule has 0 saturated carbocycles. The molecule has 0 saturated heterocycles. The number of nitro benzene ring substituents is 1. The average molecular weight is 420 g/mol. The number of nitro groups is 1. The molecule has 0 aliphatic rings. The maximum atomic E-state index is 12.4. The highest BCUT2D eigenvalue weighted by atomic mass is 35.5. The molecular formula is C14H14ClN3O6S2. The van der Waals surface area contributed by atoms with Crippen LogP contribution in [-0.2, 0) is 20.0 Å². The molecule has 0 amide bonds. The van der Waals surface area contributed by atoms with E-state index in [2.05, 4.69) is 4.72 Å². The highest BCUT2D eigenvalue weighted by Gasteiger charge is 2.23. The van der Waals surface area contributed by atoms with Crippen LogP contribution in [0.1, 0.15) is 0 Å². The molecule has 1 N–H and O–H groups in total. The second-order valence-electron chi connectivity index (χ2n) is 5.29. The standard InChI is InChI=1S/C14H14ClN3O6S2/c1-17(2)26(23,24)14-9-10(3-8-13(14)15)16-25(21,22)12-6-4-11(5-7-12)18(19)20/h3-9,16H,1-2H3. The molecule has 0 unspecified atom stereocenters. The lowest BCUT2D eigenvalue weighted by atomic mass is 10.3. The Balaban J connectivity index is 2.40. The Morgan fingerprint density at radius 1 is 1.04 bits per heavy atom. The number of halogens is 1. The Morgan fingerprint density at radius 2 is 1.62 bits per heavy atom. The second-order valence-corrected chi connectivity index (χ2v) is 9.50. The molecular weight excluding hydrogens is 406 g/mol. The molecule has 26 heavy (non-hydrogen) atoms. The predicted octanol–water partition coefficient (Wildman–Crippen LogP) is 2.30. The van der Waals surface area contributed by atoms with E-state index in [1.165, 1.54) is 26.2 Å². The van der Waals surface area contributed by atoms with Crippen molar-refractivity contribution in [1.82, 2.24) is 4.31 Å². The van der Waals surface area contributed by atoms with Crippen LogP contribution in [0.2, 0.25) is 5.02 Å². The maximum absolute atomic E-state index is 12.4. The first kappa shape index (κ1) is 20.1. The summed E-state index contributed by atoms with van der Waals surface area (Å²) >= 11 is 5.91. The third-order valence-electron chi connectivity index (χ3n) is 3.30. The minimum Gasteiger partial charge on any atom is -0.280 e. The van der Waals surface area contributed by atoms with Crippen molar-refractivity contribution in [3.8, 4) is 0 Å². The molecule has 140 valence electrons. The number of anilines is 1. The zero-order chi connectivity index (χ0) is 19.7. The quantitative estimate of drug-likeness (QED) is 0.565. The second kappa shape index (κ2) is 7.19. The number of nitrogens with one attached hydrogen (secondary N) is 1. The van der Waals surface area contributed by atoms with Crippen molar-refractivity contribution < 1.29 is 21.8 Å². The Hall–Kier alpha value is -2.21. The highest BCUT2D eigenvalue weighted by Crippen LogP contribution is 2.28. The smallest absolute Gasteiger partial charge is 0.269 e. The number of benzene rings is 2. The highest BCUT2D eigenvalue weighted by molar-refractivity contribution is 7.92. The van der Waals surface area contributed by atoms with Crippen LogP contribution in [0.3, 0.4) is 0 Å². The van der Waals surface area contributed by atoms with Crippen LogP contribution < -0.4 is 4.72 Å². The van der Waals surface area contributed by atoms with Crippen molar-refractivity contribution in [3.63, 3.8) is 0 Å².